The summed E-state index contributed by atoms with van der Waals surface area (Å²) in [5, 5.41) is 10.1. The van der Waals surface area contributed by atoms with Crippen molar-refractivity contribution in [3.8, 4) is 0 Å². The van der Waals surface area contributed by atoms with Gasteiger partial charge in [0.05, 0.1) is 13.2 Å². The lowest BCUT2D eigenvalue weighted by atomic mass is 10.1. The van der Waals surface area contributed by atoms with Crippen LogP contribution in [0.25, 0.3) is 0 Å². The molecule has 0 aromatic carbocycles. The normalized spacial score (nSPS) is 22.9. The molecule has 2 rings (SSSR count). The number of hydrogen-bond donors (Lipinski definition) is 2. The maximum atomic E-state index is 14.6. The van der Waals surface area contributed by atoms with Crippen LogP contribution in [0.5, 0.6) is 0 Å². The largest absolute Gasteiger partial charge is 0.460 e. The van der Waals surface area contributed by atoms with Gasteiger partial charge in [0, 0.05) is 12.3 Å². The van der Waals surface area contributed by atoms with Gasteiger partial charge >= 0.3 is 26.1 Å². The molecule has 1 fully saturated rings. The average Bonchev–Trinajstić information content (AvgIpc) is 2.97. The number of aromatic nitrogens is 2. The monoisotopic (exact) mass is 463 g/mol. The molecular formula is C18H27F2N3O7Si. The Hall–Kier alpha value is -2.19. The fourth-order valence-corrected chi connectivity index (χ4v) is 5.40. The number of carbonyl (C=O) groups excluding carboxylic acids is 1. The Bertz CT molecular complexity index is 835. The molecular weight excluding hydrogens is 436 g/mol. The summed E-state index contributed by atoms with van der Waals surface area (Å²) in [5.74, 6) is -4.48. The van der Waals surface area contributed by atoms with Gasteiger partial charge in [0.2, 0.25) is 6.23 Å². The zero-order valence-electron chi connectivity index (χ0n) is 17.3. The molecule has 3 atom stereocenters. The fraction of sp³-hybridized carbons (Fsp3) is 0.611. The summed E-state index contributed by atoms with van der Waals surface area (Å²) in [6.45, 7) is 6.62. The number of nitrogens with zero attached hydrogens (tertiary/aromatic N) is 2. The number of aliphatic hydroxyl groups is 1. The van der Waals surface area contributed by atoms with Gasteiger partial charge in [0.15, 0.2) is 6.10 Å². The molecule has 3 N–H and O–H groups in total. The molecule has 0 aliphatic carbocycles. The van der Waals surface area contributed by atoms with Crippen molar-refractivity contribution in [2.24, 2.45) is 0 Å². The quantitative estimate of drug-likeness (QED) is 0.213. The van der Waals surface area contributed by atoms with E-state index in [2.05, 4.69) is 11.6 Å². The number of ether oxygens (including phenoxy) is 2. The predicted octanol–water partition coefficient (Wildman–Crippen LogP) is 0.963. The van der Waals surface area contributed by atoms with Crippen molar-refractivity contribution < 1.29 is 37.0 Å². The maximum Gasteiger partial charge on any atom is 0.351 e. The summed E-state index contributed by atoms with van der Waals surface area (Å²) in [7, 11) is -2.84. The Morgan fingerprint density at radius 2 is 2.10 bits per heavy atom. The molecule has 0 spiro atoms. The number of esters is 1. The number of anilines is 1. The van der Waals surface area contributed by atoms with Crippen LogP contribution < -0.4 is 11.4 Å². The second kappa shape index (κ2) is 10.4. The lowest BCUT2D eigenvalue weighted by Crippen LogP contribution is -2.46. The van der Waals surface area contributed by atoms with Gasteiger partial charge in [-0.15, -0.1) is 0 Å². The molecule has 1 aliphatic rings. The minimum atomic E-state index is -3.77. The van der Waals surface area contributed by atoms with E-state index in [1.54, 1.807) is 0 Å². The Labute approximate surface area is 178 Å². The lowest BCUT2D eigenvalue weighted by Gasteiger charge is -2.30. The zero-order chi connectivity index (χ0) is 23.2. The molecule has 1 aliphatic heterocycles. The van der Waals surface area contributed by atoms with Gasteiger partial charge in [-0.2, -0.15) is 13.8 Å². The number of alkyl halides is 2. The topological polar surface area (TPSA) is 135 Å². The number of carbonyl (C=O) groups is 1. The van der Waals surface area contributed by atoms with Crippen molar-refractivity contribution >= 4 is 20.3 Å². The van der Waals surface area contributed by atoms with Gasteiger partial charge < -0.3 is 29.2 Å². The Morgan fingerprint density at radius 1 is 1.42 bits per heavy atom. The van der Waals surface area contributed by atoms with Crippen molar-refractivity contribution in [2.75, 3.05) is 25.6 Å². The summed E-state index contributed by atoms with van der Waals surface area (Å²) in [6, 6.07) is 2.15. The Morgan fingerprint density at radius 3 is 2.68 bits per heavy atom. The van der Waals surface area contributed by atoms with Crippen LogP contribution in [0.4, 0.5) is 14.6 Å². The molecule has 174 valence electrons. The number of aliphatic hydroxyl groups excluding tert-OH is 1. The average molecular weight is 464 g/mol. The van der Waals surface area contributed by atoms with Crippen molar-refractivity contribution in [3.05, 3.63) is 35.4 Å². The first-order valence-electron chi connectivity index (χ1n) is 9.73. The molecule has 0 bridgehead atoms. The number of halogens is 2. The Balaban J connectivity index is 2.05. The van der Waals surface area contributed by atoms with Crippen LogP contribution in [-0.4, -0.2) is 67.1 Å². The Kier molecular flexibility index (Phi) is 8.42. The van der Waals surface area contributed by atoms with E-state index >= 15 is 0 Å². The van der Waals surface area contributed by atoms with Crippen LogP contribution in [0.3, 0.4) is 0 Å². The molecule has 1 aromatic rings. The number of rotatable bonds is 11. The van der Waals surface area contributed by atoms with Gasteiger partial charge in [-0.25, -0.2) is 9.59 Å². The highest BCUT2D eigenvalue weighted by Gasteiger charge is 2.60. The van der Waals surface area contributed by atoms with Crippen molar-refractivity contribution in [2.45, 2.75) is 50.3 Å². The van der Waals surface area contributed by atoms with Crippen molar-refractivity contribution in [1.82, 2.24) is 9.55 Å². The standard InChI is InChI=1S/C18H27F2N3O7Si/c1-4-14(24)27-9-10-28-31(5-2,6-3)29-11-12-15(25)18(19,20)16(30-12)23-8-7-13(21)22-17(23)26/h4,7-8,12,15-16,25H,1,5-6,9-11H2,2-3H3,(H2,21,22,26)/t12-,15?,16-/m1/s1. The molecule has 31 heavy (non-hydrogen) atoms. The lowest BCUT2D eigenvalue weighted by molar-refractivity contribution is -0.141. The molecule has 1 unspecified atom stereocenters. The van der Waals surface area contributed by atoms with Crippen LogP contribution in [0.2, 0.25) is 12.1 Å². The van der Waals surface area contributed by atoms with E-state index in [0.29, 0.717) is 16.7 Å². The first-order chi connectivity index (χ1) is 14.6. The van der Waals surface area contributed by atoms with Gasteiger partial charge in [0.25, 0.3) is 0 Å². The second-order valence-corrected chi connectivity index (χ2v) is 10.7. The van der Waals surface area contributed by atoms with E-state index in [4.69, 9.17) is 24.1 Å². The summed E-state index contributed by atoms with van der Waals surface area (Å²) >= 11 is 0. The third kappa shape index (κ3) is 5.74. The first kappa shape index (κ1) is 25.1. The summed E-state index contributed by atoms with van der Waals surface area (Å²) < 4.78 is 51.7. The summed E-state index contributed by atoms with van der Waals surface area (Å²) in [4.78, 5) is 26.5. The van der Waals surface area contributed by atoms with Crippen LogP contribution in [0.15, 0.2) is 29.7 Å². The van der Waals surface area contributed by atoms with Gasteiger partial charge in [-0.05, 0) is 18.2 Å². The van der Waals surface area contributed by atoms with E-state index in [0.717, 1.165) is 12.3 Å². The second-order valence-electron chi connectivity index (χ2n) is 6.84. The van der Waals surface area contributed by atoms with Crippen molar-refractivity contribution in [3.63, 3.8) is 0 Å². The molecule has 13 heteroatoms. The van der Waals surface area contributed by atoms with Crippen LogP contribution in [0, 0.1) is 0 Å². The number of nitrogen functional groups attached to an aromatic ring is 1. The molecule has 2 heterocycles. The summed E-state index contributed by atoms with van der Waals surface area (Å²) in [5.41, 5.74) is 4.36. The zero-order valence-corrected chi connectivity index (χ0v) is 18.3. The smallest absolute Gasteiger partial charge is 0.351 e. The van der Waals surface area contributed by atoms with Crippen LogP contribution in [-0.2, 0) is 23.1 Å². The molecule has 10 nitrogen and oxygen atoms in total. The van der Waals surface area contributed by atoms with E-state index < -0.39 is 44.6 Å². The van der Waals surface area contributed by atoms with Gasteiger partial charge in [-0.3, -0.25) is 4.57 Å². The third-order valence-electron chi connectivity index (χ3n) is 4.93. The van der Waals surface area contributed by atoms with Gasteiger partial charge in [0.1, 0.15) is 18.5 Å². The number of nitrogens with two attached hydrogens (primary N) is 1. The maximum absolute atomic E-state index is 14.6. The van der Waals surface area contributed by atoms with Crippen LogP contribution in [0.1, 0.15) is 20.1 Å². The molecule has 0 radical (unpaired) electrons. The SMILES string of the molecule is C=CC(=O)OCCO[Si](CC)(CC)OC[C@H]1O[C@@H](n2ccc(N)nc2=O)C(F)(F)C1O. The van der Waals surface area contributed by atoms with E-state index in [9.17, 15) is 23.5 Å². The third-order valence-corrected chi connectivity index (χ3v) is 8.51. The molecule has 1 saturated heterocycles. The van der Waals surface area contributed by atoms with Crippen molar-refractivity contribution in [1.29, 1.82) is 0 Å². The van der Waals surface area contributed by atoms with E-state index in [-0.39, 0.29) is 25.6 Å². The highest BCUT2D eigenvalue weighted by atomic mass is 28.4. The first-order valence-corrected chi connectivity index (χ1v) is 12.0. The van der Waals surface area contributed by atoms with Crippen LogP contribution >= 0.6 is 0 Å². The highest BCUT2D eigenvalue weighted by molar-refractivity contribution is 6.67. The molecule has 0 amide bonds. The highest BCUT2D eigenvalue weighted by Crippen LogP contribution is 2.42. The predicted molar refractivity (Wildman–Crippen MR) is 108 cm³/mol. The van der Waals surface area contributed by atoms with E-state index in [1.807, 2.05) is 13.8 Å². The van der Waals surface area contributed by atoms with Gasteiger partial charge in [-0.1, -0.05) is 20.4 Å². The summed E-state index contributed by atoms with van der Waals surface area (Å²) in [6.07, 6.45) is -3.62. The molecule has 1 aromatic heterocycles. The van der Waals surface area contributed by atoms with E-state index in [1.165, 1.54) is 6.07 Å². The minimum Gasteiger partial charge on any atom is -0.460 e. The minimum absolute atomic E-state index is 0.0152. The molecule has 0 saturated carbocycles. The fourth-order valence-electron chi connectivity index (χ4n) is 3.07. The number of hydrogen-bond acceptors (Lipinski definition) is 9.